The summed E-state index contributed by atoms with van der Waals surface area (Å²) in [4.78, 5) is 20.0. The number of nitrogens with zero attached hydrogens (tertiary/aromatic N) is 3. The molecule has 1 aromatic heterocycles. The lowest BCUT2D eigenvalue weighted by Crippen LogP contribution is -2.41. The standard InChI is InChI=1S/C14H22N4O2/c1-17(2)13-4-3-12(9-15-13)16-14(20)18-7-5-11(10-19)6-8-18/h3-4,9,11,19H,5-8,10H2,1-2H3,(H,16,20). The maximum atomic E-state index is 12.1. The molecule has 1 saturated heterocycles. The first-order valence-electron chi connectivity index (χ1n) is 6.90. The first-order chi connectivity index (χ1) is 9.60. The van der Waals surface area contributed by atoms with E-state index in [1.54, 1.807) is 11.1 Å². The molecule has 0 aromatic carbocycles. The minimum Gasteiger partial charge on any atom is -0.396 e. The number of aromatic nitrogens is 1. The van der Waals surface area contributed by atoms with Crippen LogP contribution in [0.3, 0.4) is 0 Å². The highest BCUT2D eigenvalue weighted by Crippen LogP contribution is 2.18. The molecule has 6 heteroatoms. The average molecular weight is 278 g/mol. The van der Waals surface area contributed by atoms with Crippen LogP contribution in [0.2, 0.25) is 0 Å². The number of hydrogen-bond acceptors (Lipinski definition) is 4. The van der Waals surface area contributed by atoms with Crippen molar-refractivity contribution in [1.29, 1.82) is 0 Å². The number of rotatable bonds is 3. The fourth-order valence-electron chi connectivity index (χ4n) is 2.25. The molecule has 0 spiro atoms. The van der Waals surface area contributed by atoms with E-state index < -0.39 is 0 Å². The Kier molecular flexibility index (Phi) is 4.79. The quantitative estimate of drug-likeness (QED) is 0.876. The molecule has 2 heterocycles. The molecule has 0 unspecified atom stereocenters. The first-order valence-corrected chi connectivity index (χ1v) is 6.90. The number of carbonyl (C=O) groups is 1. The summed E-state index contributed by atoms with van der Waals surface area (Å²) in [5.74, 6) is 1.19. The summed E-state index contributed by atoms with van der Waals surface area (Å²) in [5, 5.41) is 11.9. The lowest BCUT2D eigenvalue weighted by molar-refractivity contribution is 0.143. The molecule has 110 valence electrons. The van der Waals surface area contributed by atoms with Crippen LogP contribution in [-0.2, 0) is 0 Å². The number of urea groups is 1. The van der Waals surface area contributed by atoms with Crippen molar-refractivity contribution in [2.75, 3.05) is 44.0 Å². The predicted octanol–water partition coefficient (Wildman–Crippen LogP) is 1.38. The highest BCUT2D eigenvalue weighted by molar-refractivity contribution is 5.89. The van der Waals surface area contributed by atoms with Gasteiger partial charge in [0.05, 0.1) is 11.9 Å². The molecule has 0 bridgehead atoms. The zero-order chi connectivity index (χ0) is 14.5. The van der Waals surface area contributed by atoms with E-state index in [9.17, 15) is 4.79 Å². The van der Waals surface area contributed by atoms with Gasteiger partial charge in [-0.15, -0.1) is 0 Å². The van der Waals surface area contributed by atoms with Gasteiger partial charge in [-0.3, -0.25) is 0 Å². The predicted molar refractivity (Wildman–Crippen MR) is 79.0 cm³/mol. The number of amides is 2. The fourth-order valence-corrected chi connectivity index (χ4v) is 2.25. The number of pyridine rings is 1. The van der Waals surface area contributed by atoms with Crippen molar-refractivity contribution < 1.29 is 9.90 Å². The SMILES string of the molecule is CN(C)c1ccc(NC(=O)N2CCC(CO)CC2)cn1. The average Bonchev–Trinajstić information content (AvgIpc) is 2.48. The van der Waals surface area contributed by atoms with E-state index in [0.29, 0.717) is 24.7 Å². The van der Waals surface area contributed by atoms with E-state index in [4.69, 9.17) is 5.11 Å². The number of likely N-dealkylation sites (tertiary alicyclic amines) is 1. The van der Waals surface area contributed by atoms with E-state index in [1.807, 2.05) is 31.1 Å². The van der Waals surface area contributed by atoms with Gasteiger partial charge in [0.15, 0.2) is 0 Å². The van der Waals surface area contributed by atoms with Crippen LogP contribution in [0.25, 0.3) is 0 Å². The molecular formula is C14H22N4O2. The van der Waals surface area contributed by atoms with Crippen LogP contribution in [0.5, 0.6) is 0 Å². The van der Waals surface area contributed by atoms with Crippen LogP contribution in [-0.4, -0.2) is 54.8 Å². The number of carbonyl (C=O) groups excluding carboxylic acids is 1. The van der Waals surface area contributed by atoms with Crippen molar-refractivity contribution in [3.63, 3.8) is 0 Å². The maximum Gasteiger partial charge on any atom is 0.321 e. The molecule has 0 radical (unpaired) electrons. The highest BCUT2D eigenvalue weighted by atomic mass is 16.3. The van der Waals surface area contributed by atoms with E-state index in [1.165, 1.54) is 0 Å². The topological polar surface area (TPSA) is 68.7 Å². The molecule has 0 saturated carbocycles. The lowest BCUT2D eigenvalue weighted by atomic mass is 9.98. The Morgan fingerprint density at radius 1 is 1.45 bits per heavy atom. The number of anilines is 2. The maximum absolute atomic E-state index is 12.1. The largest absolute Gasteiger partial charge is 0.396 e. The number of aliphatic hydroxyl groups excluding tert-OH is 1. The van der Waals surface area contributed by atoms with Gasteiger partial charge in [0.2, 0.25) is 0 Å². The van der Waals surface area contributed by atoms with Crippen LogP contribution < -0.4 is 10.2 Å². The van der Waals surface area contributed by atoms with E-state index in [-0.39, 0.29) is 12.6 Å². The van der Waals surface area contributed by atoms with Crippen LogP contribution in [0.4, 0.5) is 16.3 Å². The summed E-state index contributed by atoms with van der Waals surface area (Å²) in [5.41, 5.74) is 0.699. The molecule has 2 N–H and O–H groups in total. The Balaban J connectivity index is 1.88. The molecular weight excluding hydrogens is 256 g/mol. The third-order valence-corrected chi connectivity index (χ3v) is 3.62. The van der Waals surface area contributed by atoms with E-state index >= 15 is 0 Å². The lowest BCUT2D eigenvalue weighted by Gasteiger charge is -2.31. The molecule has 0 aliphatic carbocycles. The molecule has 2 amide bonds. The second kappa shape index (κ2) is 6.56. The van der Waals surface area contributed by atoms with Gasteiger partial charge in [-0.25, -0.2) is 9.78 Å². The number of nitrogens with one attached hydrogen (secondary N) is 1. The van der Waals surface area contributed by atoms with Gasteiger partial charge in [0.25, 0.3) is 0 Å². The smallest absolute Gasteiger partial charge is 0.321 e. The molecule has 1 aliphatic heterocycles. The van der Waals surface area contributed by atoms with Crippen LogP contribution in [0.1, 0.15) is 12.8 Å². The van der Waals surface area contributed by atoms with E-state index in [0.717, 1.165) is 18.7 Å². The number of hydrogen-bond donors (Lipinski definition) is 2. The van der Waals surface area contributed by atoms with Crippen molar-refractivity contribution in [1.82, 2.24) is 9.88 Å². The fraction of sp³-hybridized carbons (Fsp3) is 0.571. The van der Waals surface area contributed by atoms with Crippen LogP contribution in [0, 0.1) is 5.92 Å². The summed E-state index contributed by atoms with van der Waals surface area (Å²) in [7, 11) is 3.85. The van der Waals surface area contributed by atoms with Gasteiger partial charge < -0.3 is 20.2 Å². The summed E-state index contributed by atoms with van der Waals surface area (Å²) < 4.78 is 0. The monoisotopic (exact) mass is 278 g/mol. The summed E-state index contributed by atoms with van der Waals surface area (Å²) in [6.45, 7) is 1.60. The molecule has 2 rings (SSSR count). The Bertz CT molecular complexity index is 439. The van der Waals surface area contributed by atoms with Crippen molar-refractivity contribution in [3.05, 3.63) is 18.3 Å². The summed E-state index contributed by atoms with van der Waals surface area (Å²) in [6.07, 6.45) is 3.39. The summed E-state index contributed by atoms with van der Waals surface area (Å²) >= 11 is 0. The van der Waals surface area contributed by atoms with Crippen molar-refractivity contribution in [2.24, 2.45) is 5.92 Å². The van der Waals surface area contributed by atoms with Gasteiger partial charge in [0.1, 0.15) is 5.82 Å². The Morgan fingerprint density at radius 3 is 2.65 bits per heavy atom. The molecule has 0 atom stereocenters. The van der Waals surface area contributed by atoms with Crippen LogP contribution in [0.15, 0.2) is 18.3 Å². The zero-order valence-electron chi connectivity index (χ0n) is 12.0. The molecule has 1 fully saturated rings. The minimum atomic E-state index is -0.0965. The highest BCUT2D eigenvalue weighted by Gasteiger charge is 2.22. The Labute approximate surface area is 119 Å². The number of aliphatic hydroxyl groups is 1. The Morgan fingerprint density at radius 2 is 2.15 bits per heavy atom. The van der Waals surface area contributed by atoms with Gasteiger partial charge in [-0.1, -0.05) is 0 Å². The third kappa shape index (κ3) is 3.60. The van der Waals surface area contributed by atoms with Crippen molar-refractivity contribution in [2.45, 2.75) is 12.8 Å². The molecule has 6 nitrogen and oxygen atoms in total. The molecule has 1 aliphatic rings. The summed E-state index contributed by atoms with van der Waals surface area (Å²) in [6, 6.07) is 3.62. The van der Waals surface area contributed by atoms with Gasteiger partial charge >= 0.3 is 6.03 Å². The van der Waals surface area contributed by atoms with Crippen molar-refractivity contribution >= 4 is 17.5 Å². The molecule has 1 aromatic rings. The van der Waals surface area contributed by atoms with Crippen molar-refractivity contribution in [3.8, 4) is 0 Å². The number of piperidine rings is 1. The second-order valence-electron chi connectivity index (χ2n) is 5.34. The van der Waals surface area contributed by atoms with E-state index in [2.05, 4.69) is 10.3 Å². The van der Waals surface area contributed by atoms with Gasteiger partial charge in [-0.05, 0) is 30.9 Å². The van der Waals surface area contributed by atoms with Gasteiger partial charge in [-0.2, -0.15) is 0 Å². The minimum absolute atomic E-state index is 0.0965. The second-order valence-corrected chi connectivity index (χ2v) is 5.34. The molecule has 20 heavy (non-hydrogen) atoms. The first kappa shape index (κ1) is 14.6. The normalized spacial score (nSPS) is 16.1. The third-order valence-electron chi connectivity index (χ3n) is 3.62. The Hall–Kier alpha value is -1.82. The van der Waals surface area contributed by atoms with Crippen LogP contribution >= 0.6 is 0 Å². The zero-order valence-corrected chi connectivity index (χ0v) is 12.0. The van der Waals surface area contributed by atoms with Gasteiger partial charge in [0, 0.05) is 33.8 Å².